The standard InChI is InChI=1S/C18H15N3O3/c1-2-24-18(23)14(12-19)11-13-6-8-15(9-7-13)21-17(22)16-5-3-4-10-20-16/h3-11H,2H2,1H3,(H,21,22)/b14-11+. The molecule has 6 nitrogen and oxygen atoms in total. The number of nitrogens with zero attached hydrogens (tertiary/aromatic N) is 2. The first-order valence-corrected chi connectivity index (χ1v) is 7.25. The SMILES string of the molecule is CCOC(=O)/C(C#N)=C/c1ccc(NC(=O)c2ccccn2)cc1. The summed E-state index contributed by atoms with van der Waals surface area (Å²) in [5, 5.41) is 11.7. The molecular weight excluding hydrogens is 306 g/mol. The lowest BCUT2D eigenvalue weighted by atomic mass is 10.1. The van der Waals surface area contributed by atoms with Crippen molar-refractivity contribution >= 4 is 23.6 Å². The van der Waals surface area contributed by atoms with Crippen LogP contribution in [0.4, 0.5) is 5.69 Å². The Hall–Kier alpha value is -3.46. The number of rotatable bonds is 5. The number of ether oxygens (including phenoxy) is 1. The molecule has 0 saturated heterocycles. The molecule has 0 atom stereocenters. The van der Waals surface area contributed by atoms with E-state index in [1.165, 1.54) is 6.08 Å². The third-order valence-electron chi connectivity index (χ3n) is 2.99. The van der Waals surface area contributed by atoms with E-state index in [0.29, 0.717) is 16.9 Å². The van der Waals surface area contributed by atoms with Crippen molar-refractivity contribution in [2.24, 2.45) is 0 Å². The van der Waals surface area contributed by atoms with Gasteiger partial charge in [0.1, 0.15) is 17.3 Å². The predicted octanol–water partition coefficient (Wildman–Crippen LogP) is 2.80. The maximum absolute atomic E-state index is 12.0. The Morgan fingerprint density at radius 1 is 1.25 bits per heavy atom. The highest BCUT2D eigenvalue weighted by molar-refractivity contribution is 6.03. The van der Waals surface area contributed by atoms with E-state index in [2.05, 4.69) is 10.3 Å². The zero-order valence-electron chi connectivity index (χ0n) is 13.0. The third kappa shape index (κ3) is 4.52. The van der Waals surface area contributed by atoms with Gasteiger partial charge >= 0.3 is 5.97 Å². The highest BCUT2D eigenvalue weighted by Crippen LogP contribution is 2.14. The topological polar surface area (TPSA) is 92.1 Å². The van der Waals surface area contributed by atoms with Crippen LogP contribution in [0.3, 0.4) is 0 Å². The monoisotopic (exact) mass is 321 g/mol. The van der Waals surface area contributed by atoms with Crippen LogP contribution in [0.2, 0.25) is 0 Å². The summed E-state index contributed by atoms with van der Waals surface area (Å²) in [5.74, 6) is -0.976. The van der Waals surface area contributed by atoms with Crippen molar-refractivity contribution < 1.29 is 14.3 Å². The number of aromatic nitrogens is 1. The molecule has 0 unspecified atom stereocenters. The summed E-state index contributed by atoms with van der Waals surface area (Å²) in [6, 6.07) is 13.6. The molecule has 1 amide bonds. The maximum Gasteiger partial charge on any atom is 0.348 e. The first-order chi connectivity index (χ1) is 11.6. The second kappa shape index (κ2) is 8.25. The summed E-state index contributed by atoms with van der Waals surface area (Å²) < 4.78 is 4.80. The van der Waals surface area contributed by atoms with E-state index in [0.717, 1.165) is 0 Å². The average Bonchev–Trinajstić information content (AvgIpc) is 2.62. The lowest BCUT2D eigenvalue weighted by Gasteiger charge is -2.05. The van der Waals surface area contributed by atoms with Crippen LogP contribution in [-0.2, 0) is 9.53 Å². The molecule has 1 aromatic carbocycles. The first kappa shape index (κ1) is 16.9. The molecule has 0 spiro atoms. The lowest BCUT2D eigenvalue weighted by molar-refractivity contribution is -0.137. The van der Waals surface area contributed by atoms with Gasteiger partial charge in [0, 0.05) is 11.9 Å². The number of nitriles is 1. The van der Waals surface area contributed by atoms with Crippen LogP contribution in [0, 0.1) is 11.3 Å². The van der Waals surface area contributed by atoms with Gasteiger partial charge in [0.25, 0.3) is 5.91 Å². The summed E-state index contributed by atoms with van der Waals surface area (Å²) in [6.07, 6.45) is 2.98. The molecule has 0 aliphatic heterocycles. The minimum Gasteiger partial charge on any atom is -0.462 e. The van der Waals surface area contributed by atoms with Crippen LogP contribution in [0.15, 0.2) is 54.2 Å². The van der Waals surface area contributed by atoms with E-state index in [1.54, 1.807) is 55.6 Å². The lowest BCUT2D eigenvalue weighted by Crippen LogP contribution is -2.13. The molecule has 120 valence electrons. The summed E-state index contributed by atoms with van der Waals surface area (Å²) in [5.41, 5.74) is 1.46. The van der Waals surface area contributed by atoms with Crippen LogP contribution in [-0.4, -0.2) is 23.5 Å². The van der Waals surface area contributed by atoms with Crippen LogP contribution in [0.25, 0.3) is 6.08 Å². The van der Waals surface area contributed by atoms with Crippen molar-refractivity contribution in [1.29, 1.82) is 5.26 Å². The maximum atomic E-state index is 12.0. The molecule has 2 aromatic rings. The van der Waals surface area contributed by atoms with Crippen LogP contribution in [0.1, 0.15) is 23.0 Å². The largest absolute Gasteiger partial charge is 0.462 e. The molecule has 0 fully saturated rings. The van der Waals surface area contributed by atoms with Crippen molar-refractivity contribution in [2.75, 3.05) is 11.9 Å². The zero-order chi connectivity index (χ0) is 17.4. The summed E-state index contributed by atoms with van der Waals surface area (Å²) in [7, 11) is 0. The normalized spacial score (nSPS) is 10.6. The van der Waals surface area contributed by atoms with E-state index < -0.39 is 5.97 Å². The number of hydrogen-bond donors (Lipinski definition) is 1. The smallest absolute Gasteiger partial charge is 0.348 e. The Bertz CT molecular complexity index is 791. The van der Waals surface area contributed by atoms with Gasteiger partial charge in [-0.3, -0.25) is 9.78 Å². The van der Waals surface area contributed by atoms with Gasteiger partial charge in [0.2, 0.25) is 0 Å². The number of nitrogens with one attached hydrogen (secondary N) is 1. The third-order valence-corrected chi connectivity index (χ3v) is 2.99. The molecule has 0 saturated carbocycles. The molecule has 0 bridgehead atoms. The number of anilines is 1. The number of benzene rings is 1. The molecule has 24 heavy (non-hydrogen) atoms. The highest BCUT2D eigenvalue weighted by atomic mass is 16.5. The first-order valence-electron chi connectivity index (χ1n) is 7.25. The van der Waals surface area contributed by atoms with Gasteiger partial charge in [-0.25, -0.2) is 4.79 Å². The fourth-order valence-corrected chi connectivity index (χ4v) is 1.87. The average molecular weight is 321 g/mol. The fraction of sp³-hybridized carbons (Fsp3) is 0.111. The Balaban J connectivity index is 2.09. The van der Waals surface area contributed by atoms with Gasteiger partial charge < -0.3 is 10.1 Å². The van der Waals surface area contributed by atoms with Gasteiger partial charge in [0.15, 0.2) is 0 Å². The molecule has 0 aliphatic carbocycles. The van der Waals surface area contributed by atoms with Crippen LogP contribution < -0.4 is 5.32 Å². The second-order valence-corrected chi connectivity index (χ2v) is 4.68. The van der Waals surface area contributed by atoms with E-state index in [1.807, 2.05) is 6.07 Å². The van der Waals surface area contributed by atoms with Gasteiger partial charge in [-0.05, 0) is 42.8 Å². The number of amides is 1. The Morgan fingerprint density at radius 3 is 2.58 bits per heavy atom. The van der Waals surface area contributed by atoms with Crippen LogP contribution >= 0.6 is 0 Å². The van der Waals surface area contributed by atoms with E-state index in [-0.39, 0.29) is 18.1 Å². The zero-order valence-corrected chi connectivity index (χ0v) is 13.0. The Kier molecular flexibility index (Phi) is 5.81. The number of carbonyl (C=O) groups excluding carboxylic acids is 2. The molecular formula is C18H15N3O3. The second-order valence-electron chi connectivity index (χ2n) is 4.68. The van der Waals surface area contributed by atoms with Gasteiger partial charge in [0.05, 0.1) is 6.61 Å². The molecule has 1 N–H and O–H groups in total. The molecule has 1 heterocycles. The Labute approximate surface area is 139 Å². The summed E-state index contributed by atoms with van der Waals surface area (Å²) >= 11 is 0. The molecule has 6 heteroatoms. The number of esters is 1. The van der Waals surface area contributed by atoms with Gasteiger partial charge in [-0.1, -0.05) is 18.2 Å². The van der Waals surface area contributed by atoms with Crippen molar-refractivity contribution in [3.8, 4) is 6.07 Å². The van der Waals surface area contributed by atoms with E-state index in [9.17, 15) is 9.59 Å². The minimum atomic E-state index is -0.660. The Morgan fingerprint density at radius 2 is 2.00 bits per heavy atom. The molecule has 1 aromatic heterocycles. The van der Waals surface area contributed by atoms with E-state index >= 15 is 0 Å². The minimum absolute atomic E-state index is 0.0814. The van der Waals surface area contributed by atoms with Crippen LogP contribution in [0.5, 0.6) is 0 Å². The highest BCUT2D eigenvalue weighted by Gasteiger charge is 2.10. The van der Waals surface area contributed by atoms with Crippen molar-refractivity contribution in [2.45, 2.75) is 6.92 Å². The predicted molar refractivity (Wildman–Crippen MR) is 88.9 cm³/mol. The summed E-state index contributed by atoms with van der Waals surface area (Å²) in [4.78, 5) is 27.5. The van der Waals surface area contributed by atoms with Crippen molar-refractivity contribution in [3.63, 3.8) is 0 Å². The van der Waals surface area contributed by atoms with Crippen molar-refractivity contribution in [3.05, 3.63) is 65.5 Å². The number of pyridine rings is 1. The fourth-order valence-electron chi connectivity index (χ4n) is 1.87. The molecule has 0 aliphatic rings. The summed E-state index contributed by atoms with van der Waals surface area (Å²) in [6.45, 7) is 1.88. The number of hydrogen-bond acceptors (Lipinski definition) is 5. The van der Waals surface area contributed by atoms with Gasteiger partial charge in [-0.15, -0.1) is 0 Å². The quantitative estimate of drug-likeness (QED) is 0.519. The van der Waals surface area contributed by atoms with Crippen molar-refractivity contribution in [1.82, 2.24) is 4.98 Å². The van der Waals surface area contributed by atoms with Gasteiger partial charge in [-0.2, -0.15) is 5.26 Å². The molecule has 2 rings (SSSR count). The number of carbonyl (C=O) groups is 2. The molecule has 0 radical (unpaired) electrons. The van der Waals surface area contributed by atoms with E-state index in [4.69, 9.17) is 10.00 Å².